The fourth-order valence-corrected chi connectivity index (χ4v) is 3.91. The summed E-state index contributed by atoms with van der Waals surface area (Å²) in [7, 11) is 0. The summed E-state index contributed by atoms with van der Waals surface area (Å²) >= 11 is 1.81. The number of imidazole rings is 1. The highest BCUT2D eigenvalue weighted by Crippen LogP contribution is 2.29. The lowest BCUT2D eigenvalue weighted by Gasteiger charge is -2.11. The number of fused-ring (bicyclic) bond motifs is 3. The molecule has 3 heterocycles. The standard InChI is InChI=1S/C16H17N3S/c1-2-11-3-5-12(6-4-11)13-10-19-14-7-8-17-9-15(14)20-16(19)18-13/h3-6,10,17H,2,7-9H2,1H3. The van der Waals surface area contributed by atoms with E-state index in [9.17, 15) is 0 Å². The van der Waals surface area contributed by atoms with E-state index in [0.717, 1.165) is 36.6 Å². The van der Waals surface area contributed by atoms with Crippen molar-refractivity contribution in [2.75, 3.05) is 6.54 Å². The Morgan fingerprint density at radius 1 is 1.30 bits per heavy atom. The lowest BCUT2D eigenvalue weighted by atomic mass is 10.1. The molecule has 20 heavy (non-hydrogen) atoms. The third-order valence-corrected chi connectivity index (χ3v) is 5.08. The Kier molecular flexibility index (Phi) is 2.86. The topological polar surface area (TPSA) is 29.3 Å². The van der Waals surface area contributed by atoms with Gasteiger partial charge >= 0.3 is 0 Å². The van der Waals surface area contributed by atoms with E-state index in [1.54, 1.807) is 0 Å². The van der Waals surface area contributed by atoms with E-state index >= 15 is 0 Å². The summed E-state index contributed by atoms with van der Waals surface area (Å²) in [4.78, 5) is 7.35. The predicted octanol–water partition coefficient (Wildman–Crippen LogP) is 3.27. The van der Waals surface area contributed by atoms with Gasteiger partial charge in [0.05, 0.1) is 5.69 Å². The van der Waals surface area contributed by atoms with E-state index in [-0.39, 0.29) is 0 Å². The number of nitrogens with one attached hydrogen (secondary N) is 1. The van der Waals surface area contributed by atoms with Crippen molar-refractivity contribution in [1.29, 1.82) is 0 Å². The molecule has 0 saturated heterocycles. The van der Waals surface area contributed by atoms with Crippen LogP contribution in [0, 0.1) is 0 Å². The largest absolute Gasteiger partial charge is 0.311 e. The summed E-state index contributed by atoms with van der Waals surface area (Å²) in [5.74, 6) is 0. The normalized spacial score (nSPS) is 14.7. The molecule has 0 fully saturated rings. The fourth-order valence-electron chi connectivity index (χ4n) is 2.79. The van der Waals surface area contributed by atoms with Crippen LogP contribution in [0.15, 0.2) is 30.5 Å². The smallest absolute Gasteiger partial charge is 0.194 e. The second-order valence-electron chi connectivity index (χ2n) is 5.23. The van der Waals surface area contributed by atoms with Gasteiger partial charge in [-0.3, -0.25) is 4.40 Å². The summed E-state index contributed by atoms with van der Waals surface area (Å²) in [6, 6.07) is 8.75. The number of nitrogens with zero attached hydrogens (tertiary/aromatic N) is 2. The molecule has 1 aliphatic heterocycles. The molecule has 4 heteroatoms. The number of aromatic nitrogens is 2. The first-order valence-electron chi connectivity index (χ1n) is 7.15. The van der Waals surface area contributed by atoms with Crippen molar-refractivity contribution in [2.45, 2.75) is 26.3 Å². The third kappa shape index (κ3) is 1.87. The Morgan fingerprint density at radius 3 is 2.95 bits per heavy atom. The SMILES string of the molecule is CCc1ccc(-c2cn3c4c(sc3n2)CNCC4)cc1. The van der Waals surface area contributed by atoms with Crippen molar-refractivity contribution in [3.05, 3.63) is 46.6 Å². The van der Waals surface area contributed by atoms with Crippen molar-refractivity contribution in [1.82, 2.24) is 14.7 Å². The van der Waals surface area contributed by atoms with Crippen molar-refractivity contribution in [2.24, 2.45) is 0 Å². The first kappa shape index (κ1) is 12.1. The predicted molar refractivity (Wildman–Crippen MR) is 83.3 cm³/mol. The van der Waals surface area contributed by atoms with Gasteiger partial charge in [-0.15, -0.1) is 0 Å². The minimum Gasteiger partial charge on any atom is -0.311 e. The van der Waals surface area contributed by atoms with E-state index in [0.29, 0.717) is 0 Å². The lowest BCUT2D eigenvalue weighted by Crippen LogP contribution is -2.23. The molecule has 0 radical (unpaired) electrons. The molecule has 0 saturated carbocycles. The maximum Gasteiger partial charge on any atom is 0.194 e. The zero-order valence-electron chi connectivity index (χ0n) is 11.5. The zero-order valence-corrected chi connectivity index (χ0v) is 12.3. The second-order valence-corrected chi connectivity index (χ2v) is 6.29. The van der Waals surface area contributed by atoms with Crippen LogP contribution in [0.1, 0.15) is 23.1 Å². The molecule has 0 unspecified atom stereocenters. The van der Waals surface area contributed by atoms with Gasteiger partial charge in [-0.25, -0.2) is 4.98 Å². The van der Waals surface area contributed by atoms with E-state index < -0.39 is 0 Å². The van der Waals surface area contributed by atoms with E-state index in [2.05, 4.69) is 47.1 Å². The van der Waals surface area contributed by atoms with Crippen molar-refractivity contribution in [3.63, 3.8) is 0 Å². The van der Waals surface area contributed by atoms with Gasteiger partial charge in [-0.2, -0.15) is 0 Å². The van der Waals surface area contributed by atoms with Crippen LogP contribution < -0.4 is 5.32 Å². The molecular weight excluding hydrogens is 266 g/mol. The minimum absolute atomic E-state index is 0.990. The molecule has 0 amide bonds. The molecule has 1 aliphatic rings. The number of hydrogen-bond acceptors (Lipinski definition) is 3. The quantitative estimate of drug-likeness (QED) is 0.782. The van der Waals surface area contributed by atoms with Crippen LogP contribution in [-0.2, 0) is 19.4 Å². The molecule has 0 bridgehead atoms. The van der Waals surface area contributed by atoms with Crippen LogP contribution in [0.5, 0.6) is 0 Å². The maximum atomic E-state index is 4.80. The summed E-state index contributed by atoms with van der Waals surface area (Å²) in [5, 5.41) is 3.42. The first-order chi connectivity index (χ1) is 9.85. The molecule has 102 valence electrons. The Balaban J connectivity index is 1.78. The molecule has 1 aromatic carbocycles. The molecule has 3 aromatic rings. The summed E-state index contributed by atoms with van der Waals surface area (Å²) in [6.07, 6.45) is 4.37. The number of benzene rings is 1. The van der Waals surface area contributed by atoms with E-state index in [4.69, 9.17) is 4.98 Å². The van der Waals surface area contributed by atoms with Gasteiger partial charge in [-0.1, -0.05) is 42.5 Å². The van der Waals surface area contributed by atoms with Crippen LogP contribution in [0.25, 0.3) is 16.2 Å². The lowest BCUT2D eigenvalue weighted by molar-refractivity contribution is 0.638. The fraction of sp³-hybridized carbons (Fsp3) is 0.312. The van der Waals surface area contributed by atoms with Gasteiger partial charge in [0.2, 0.25) is 0 Å². The summed E-state index contributed by atoms with van der Waals surface area (Å²) < 4.78 is 2.28. The van der Waals surface area contributed by atoms with Crippen LogP contribution in [0.4, 0.5) is 0 Å². The van der Waals surface area contributed by atoms with Gasteiger partial charge < -0.3 is 5.32 Å². The van der Waals surface area contributed by atoms with Crippen molar-refractivity contribution >= 4 is 16.3 Å². The minimum atomic E-state index is 0.990. The van der Waals surface area contributed by atoms with Gasteiger partial charge in [0.25, 0.3) is 0 Å². The average molecular weight is 283 g/mol. The molecule has 0 atom stereocenters. The van der Waals surface area contributed by atoms with E-state index in [1.165, 1.54) is 21.7 Å². The molecule has 1 N–H and O–H groups in total. The average Bonchev–Trinajstić information content (AvgIpc) is 3.05. The Morgan fingerprint density at radius 2 is 2.15 bits per heavy atom. The molecule has 2 aromatic heterocycles. The molecule has 0 aliphatic carbocycles. The van der Waals surface area contributed by atoms with Crippen LogP contribution in [0.3, 0.4) is 0 Å². The highest BCUT2D eigenvalue weighted by atomic mass is 32.1. The zero-order chi connectivity index (χ0) is 13.5. The molecular formula is C16H17N3S. The van der Waals surface area contributed by atoms with Crippen molar-refractivity contribution < 1.29 is 0 Å². The maximum absolute atomic E-state index is 4.80. The Labute approximate surface area is 122 Å². The van der Waals surface area contributed by atoms with Gasteiger partial charge in [0.1, 0.15) is 0 Å². The Hall–Kier alpha value is -1.65. The highest BCUT2D eigenvalue weighted by molar-refractivity contribution is 7.17. The second kappa shape index (κ2) is 4.72. The van der Waals surface area contributed by atoms with E-state index in [1.807, 2.05) is 11.3 Å². The number of aryl methyl sites for hydroxylation is 1. The number of hydrogen-bond donors (Lipinski definition) is 1. The van der Waals surface area contributed by atoms with Gasteiger partial charge in [0.15, 0.2) is 4.96 Å². The molecule has 3 nitrogen and oxygen atoms in total. The van der Waals surface area contributed by atoms with Gasteiger partial charge in [-0.05, 0) is 12.0 Å². The van der Waals surface area contributed by atoms with Crippen molar-refractivity contribution in [3.8, 4) is 11.3 Å². The Bertz CT molecular complexity index is 752. The highest BCUT2D eigenvalue weighted by Gasteiger charge is 2.17. The van der Waals surface area contributed by atoms with Gasteiger partial charge in [0, 0.05) is 41.8 Å². The van der Waals surface area contributed by atoms with Crippen LogP contribution in [0.2, 0.25) is 0 Å². The third-order valence-electron chi connectivity index (χ3n) is 3.98. The van der Waals surface area contributed by atoms with Crippen LogP contribution >= 0.6 is 11.3 Å². The summed E-state index contributed by atoms with van der Waals surface area (Å²) in [6.45, 7) is 4.24. The molecule has 0 spiro atoms. The first-order valence-corrected chi connectivity index (χ1v) is 7.96. The van der Waals surface area contributed by atoms with Crippen LogP contribution in [-0.4, -0.2) is 15.9 Å². The number of thiazole rings is 1. The molecule has 4 rings (SSSR count). The summed E-state index contributed by atoms with van der Waals surface area (Å²) in [5.41, 5.74) is 5.10. The monoisotopic (exact) mass is 283 g/mol. The number of rotatable bonds is 2.